The van der Waals surface area contributed by atoms with Crippen molar-refractivity contribution in [2.45, 2.75) is 31.4 Å². The van der Waals surface area contributed by atoms with Gasteiger partial charge >= 0.3 is 6.18 Å². The zero-order valence-electron chi connectivity index (χ0n) is 14.4. The lowest BCUT2D eigenvalue weighted by Gasteiger charge is -2.12. The molecule has 3 heterocycles. The molecule has 0 unspecified atom stereocenters. The highest BCUT2D eigenvalue weighted by molar-refractivity contribution is 5.82. The van der Waals surface area contributed by atoms with Gasteiger partial charge in [-0.2, -0.15) is 18.4 Å². The molecule has 0 aromatic carbocycles. The van der Waals surface area contributed by atoms with E-state index in [-0.39, 0.29) is 25.1 Å². The largest absolute Gasteiger partial charge is 0.433 e. The van der Waals surface area contributed by atoms with Gasteiger partial charge in [-0.25, -0.2) is 4.39 Å². The SMILES string of the molecule is N#Cc1cnc(-c2ccc(C(F)(F)F)nc2)cc1CNC(=O)[C@@H]1C[C@@H](F)CN1. The smallest absolute Gasteiger partial charge is 0.351 e. The molecule has 1 saturated heterocycles. The number of rotatable bonds is 4. The molecule has 2 N–H and O–H groups in total. The lowest BCUT2D eigenvalue weighted by atomic mass is 10.1. The summed E-state index contributed by atoms with van der Waals surface area (Å²) in [4.78, 5) is 19.6. The van der Waals surface area contributed by atoms with E-state index in [1.807, 2.05) is 6.07 Å². The monoisotopic (exact) mass is 393 g/mol. The average molecular weight is 393 g/mol. The fraction of sp³-hybridized carbons (Fsp3) is 0.333. The van der Waals surface area contributed by atoms with Crippen LogP contribution < -0.4 is 10.6 Å². The van der Waals surface area contributed by atoms with Crippen molar-refractivity contribution < 1.29 is 22.4 Å². The van der Waals surface area contributed by atoms with Gasteiger partial charge < -0.3 is 10.6 Å². The summed E-state index contributed by atoms with van der Waals surface area (Å²) in [5, 5.41) is 14.6. The molecule has 6 nitrogen and oxygen atoms in total. The van der Waals surface area contributed by atoms with Gasteiger partial charge in [-0.3, -0.25) is 14.8 Å². The molecule has 1 aliphatic rings. The van der Waals surface area contributed by atoms with Crippen LogP contribution in [0.25, 0.3) is 11.3 Å². The van der Waals surface area contributed by atoms with Gasteiger partial charge in [0.15, 0.2) is 0 Å². The van der Waals surface area contributed by atoms with E-state index in [9.17, 15) is 27.6 Å². The molecule has 146 valence electrons. The first-order chi connectivity index (χ1) is 13.3. The second-order valence-electron chi connectivity index (χ2n) is 6.28. The van der Waals surface area contributed by atoms with Gasteiger partial charge in [0.2, 0.25) is 5.91 Å². The molecule has 0 spiro atoms. The molecule has 2 aromatic heterocycles. The van der Waals surface area contributed by atoms with Gasteiger partial charge in [-0.05, 0) is 23.8 Å². The lowest BCUT2D eigenvalue weighted by molar-refractivity contribution is -0.141. The van der Waals surface area contributed by atoms with Crippen LogP contribution in [0.5, 0.6) is 0 Å². The number of carbonyl (C=O) groups is 1. The zero-order chi connectivity index (χ0) is 20.3. The molecule has 0 saturated carbocycles. The Morgan fingerprint density at radius 3 is 2.68 bits per heavy atom. The molecular weight excluding hydrogens is 378 g/mol. The molecule has 28 heavy (non-hydrogen) atoms. The summed E-state index contributed by atoms with van der Waals surface area (Å²) < 4.78 is 51.1. The number of nitriles is 1. The van der Waals surface area contributed by atoms with E-state index in [2.05, 4.69) is 20.6 Å². The minimum absolute atomic E-state index is 0.000439. The Kier molecular flexibility index (Phi) is 5.56. The Hall–Kier alpha value is -3.06. The Labute approximate surface area is 157 Å². The molecule has 0 radical (unpaired) electrons. The molecule has 1 fully saturated rings. The minimum atomic E-state index is -4.54. The Morgan fingerprint density at radius 2 is 2.11 bits per heavy atom. The molecule has 2 aromatic rings. The number of hydrogen-bond acceptors (Lipinski definition) is 5. The fourth-order valence-electron chi connectivity index (χ4n) is 2.81. The minimum Gasteiger partial charge on any atom is -0.351 e. The predicted molar refractivity (Wildman–Crippen MR) is 90.3 cm³/mol. The molecule has 2 atom stereocenters. The summed E-state index contributed by atoms with van der Waals surface area (Å²) in [6, 6.07) is 4.89. The van der Waals surface area contributed by atoms with E-state index in [1.165, 1.54) is 18.3 Å². The molecular formula is C18H15F4N5O. The van der Waals surface area contributed by atoms with Crippen molar-refractivity contribution in [2.24, 2.45) is 0 Å². The van der Waals surface area contributed by atoms with Gasteiger partial charge in [0.25, 0.3) is 0 Å². The fourth-order valence-corrected chi connectivity index (χ4v) is 2.81. The number of nitrogens with zero attached hydrogens (tertiary/aromatic N) is 3. The van der Waals surface area contributed by atoms with Crippen molar-refractivity contribution in [3.63, 3.8) is 0 Å². The van der Waals surface area contributed by atoms with E-state index in [1.54, 1.807) is 0 Å². The van der Waals surface area contributed by atoms with Gasteiger partial charge in [0.1, 0.15) is 17.9 Å². The van der Waals surface area contributed by atoms with Crippen LogP contribution in [0.2, 0.25) is 0 Å². The summed E-state index contributed by atoms with van der Waals surface area (Å²) in [5.41, 5.74) is 0.282. The van der Waals surface area contributed by atoms with Crippen LogP contribution in [0.4, 0.5) is 17.6 Å². The van der Waals surface area contributed by atoms with E-state index in [0.717, 1.165) is 12.3 Å². The van der Waals surface area contributed by atoms with Gasteiger partial charge in [-0.15, -0.1) is 0 Å². The van der Waals surface area contributed by atoms with E-state index in [4.69, 9.17) is 0 Å². The number of pyridine rings is 2. The maximum atomic E-state index is 13.2. The van der Waals surface area contributed by atoms with Gasteiger partial charge in [-0.1, -0.05) is 0 Å². The second-order valence-corrected chi connectivity index (χ2v) is 6.28. The van der Waals surface area contributed by atoms with Crippen LogP contribution in [-0.4, -0.2) is 34.6 Å². The van der Waals surface area contributed by atoms with Crippen molar-refractivity contribution in [3.05, 3.63) is 47.4 Å². The summed E-state index contributed by atoms with van der Waals surface area (Å²) in [5.74, 6) is -0.390. The number of carbonyl (C=O) groups excluding carboxylic acids is 1. The van der Waals surface area contributed by atoms with Crippen LogP contribution in [-0.2, 0) is 17.5 Å². The van der Waals surface area contributed by atoms with E-state index < -0.39 is 30.0 Å². The quantitative estimate of drug-likeness (QED) is 0.779. The standard InChI is InChI=1S/C18H15F4N5O/c19-13-4-15(25-9-13)17(28)27-7-11-3-14(24-8-12(11)5-23)10-1-2-16(26-6-10)18(20,21)22/h1-3,6,8,13,15,25H,4,7,9H2,(H,27,28)/t13-,15+/m1/s1. The summed E-state index contributed by atoms with van der Waals surface area (Å²) in [7, 11) is 0. The van der Waals surface area contributed by atoms with Crippen LogP contribution in [0.15, 0.2) is 30.6 Å². The van der Waals surface area contributed by atoms with Gasteiger partial charge in [0.05, 0.1) is 17.3 Å². The predicted octanol–water partition coefficient (Wildman–Crippen LogP) is 2.35. The van der Waals surface area contributed by atoms with Crippen molar-refractivity contribution in [1.82, 2.24) is 20.6 Å². The Balaban J connectivity index is 1.76. The summed E-state index contributed by atoms with van der Waals surface area (Å²) >= 11 is 0. The third-order valence-corrected chi connectivity index (χ3v) is 4.31. The topological polar surface area (TPSA) is 90.7 Å². The van der Waals surface area contributed by atoms with Crippen molar-refractivity contribution in [1.29, 1.82) is 5.26 Å². The molecule has 3 rings (SSSR count). The van der Waals surface area contributed by atoms with Crippen molar-refractivity contribution >= 4 is 5.91 Å². The van der Waals surface area contributed by atoms with Crippen LogP contribution >= 0.6 is 0 Å². The first-order valence-electron chi connectivity index (χ1n) is 8.35. The summed E-state index contributed by atoms with van der Waals surface area (Å²) in [6.07, 6.45) is -3.22. The van der Waals surface area contributed by atoms with E-state index >= 15 is 0 Å². The zero-order valence-corrected chi connectivity index (χ0v) is 14.4. The first-order valence-corrected chi connectivity index (χ1v) is 8.35. The second kappa shape index (κ2) is 7.90. The number of nitrogens with one attached hydrogen (secondary N) is 2. The highest BCUT2D eigenvalue weighted by Gasteiger charge is 2.32. The van der Waals surface area contributed by atoms with Crippen LogP contribution in [0.3, 0.4) is 0 Å². The number of hydrogen-bond donors (Lipinski definition) is 2. The molecule has 0 bridgehead atoms. The van der Waals surface area contributed by atoms with E-state index in [0.29, 0.717) is 16.8 Å². The normalized spacial score (nSPS) is 19.2. The van der Waals surface area contributed by atoms with Crippen molar-refractivity contribution in [2.75, 3.05) is 6.54 Å². The maximum absolute atomic E-state index is 13.2. The average Bonchev–Trinajstić information content (AvgIpc) is 3.11. The Bertz CT molecular complexity index is 908. The Morgan fingerprint density at radius 1 is 1.32 bits per heavy atom. The highest BCUT2D eigenvalue weighted by atomic mass is 19.4. The lowest BCUT2D eigenvalue weighted by Crippen LogP contribution is -2.40. The number of amides is 1. The first kappa shape index (κ1) is 19.7. The summed E-state index contributed by atoms with van der Waals surface area (Å²) in [6.45, 7) is 0.113. The number of aromatic nitrogens is 2. The van der Waals surface area contributed by atoms with Crippen molar-refractivity contribution in [3.8, 4) is 17.3 Å². The highest BCUT2D eigenvalue weighted by Crippen LogP contribution is 2.29. The third kappa shape index (κ3) is 4.43. The third-order valence-electron chi connectivity index (χ3n) is 4.31. The molecule has 0 aliphatic carbocycles. The maximum Gasteiger partial charge on any atom is 0.433 e. The van der Waals surface area contributed by atoms with Crippen LogP contribution in [0, 0.1) is 11.3 Å². The molecule has 1 amide bonds. The molecule has 1 aliphatic heterocycles. The number of halogens is 4. The molecule has 10 heteroatoms. The number of alkyl halides is 4. The van der Waals surface area contributed by atoms with Crippen LogP contribution in [0.1, 0.15) is 23.2 Å². The van der Waals surface area contributed by atoms with Gasteiger partial charge in [0, 0.05) is 37.5 Å².